The van der Waals surface area contributed by atoms with E-state index >= 15 is 0 Å². The molecule has 0 saturated carbocycles. The second kappa shape index (κ2) is 6.85. The van der Waals surface area contributed by atoms with E-state index in [9.17, 15) is 13.2 Å². The Hall–Kier alpha value is -2.01. The Morgan fingerprint density at radius 3 is 2.21 bits per heavy atom. The predicted molar refractivity (Wildman–Crippen MR) is 90.1 cm³/mol. The molecule has 2 aromatic carbocycles. The summed E-state index contributed by atoms with van der Waals surface area (Å²) in [5.41, 5.74) is 2.59. The van der Waals surface area contributed by atoms with E-state index in [-0.39, 0.29) is 0 Å². The monoisotopic (exact) mass is 334 g/mol. The summed E-state index contributed by atoms with van der Waals surface area (Å²) >= 11 is 0. The van der Waals surface area contributed by atoms with Crippen molar-refractivity contribution in [3.8, 4) is 0 Å². The summed E-state index contributed by atoms with van der Waals surface area (Å²) in [4.78, 5) is 4.37. The first kappa shape index (κ1) is 16.8. The van der Waals surface area contributed by atoms with Crippen LogP contribution in [0.4, 0.5) is 18.9 Å². The van der Waals surface area contributed by atoms with Gasteiger partial charge in [0.1, 0.15) is 0 Å². The Balaban J connectivity index is 1.60. The van der Waals surface area contributed by atoms with E-state index < -0.39 is 11.7 Å². The maximum atomic E-state index is 12.8. The van der Waals surface area contributed by atoms with Crippen LogP contribution in [0.25, 0.3) is 0 Å². The van der Waals surface area contributed by atoms with Gasteiger partial charge in [-0.05, 0) is 30.7 Å². The van der Waals surface area contributed by atoms with Gasteiger partial charge in [-0.3, -0.25) is 4.90 Å². The van der Waals surface area contributed by atoms with Crippen molar-refractivity contribution in [2.75, 3.05) is 31.1 Å². The number of anilines is 1. The molecular formula is C19H21F3N2. The SMILES string of the molecule is Cc1ccc(CN2CCN(c3cccc(C(F)(F)F)c3)CC2)cc1. The van der Waals surface area contributed by atoms with Crippen LogP contribution < -0.4 is 4.90 Å². The molecule has 0 aliphatic carbocycles. The minimum Gasteiger partial charge on any atom is -0.369 e. The quantitative estimate of drug-likeness (QED) is 0.824. The zero-order valence-corrected chi connectivity index (χ0v) is 13.7. The molecule has 1 saturated heterocycles. The Morgan fingerprint density at radius 1 is 0.917 bits per heavy atom. The molecule has 0 unspecified atom stereocenters. The van der Waals surface area contributed by atoms with Gasteiger partial charge in [0.25, 0.3) is 0 Å². The second-order valence-corrected chi connectivity index (χ2v) is 6.30. The first-order valence-corrected chi connectivity index (χ1v) is 8.12. The summed E-state index contributed by atoms with van der Waals surface area (Å²) in [7, 11) is 0. The van der Waals surface area contributed by atoms with Crippen molar-refractivity contribution in [2.45, 2.75) is 19.6 Å². The average Bonchev–Trinajstić information content (AvgIpc) is 2.57. The standard InChI is InChI=1S/C19H21F3N2/c1-15-5-7-16(8-6-15)14-23-9-11-24(12-10-23)18-4-2-3-17(13-18)19(20,21)22/h2-8,13H,9-12,14H2,1H3. The van der Waals surface area contributed by atoms with Crippen molar-refractivity contribution in [1.82, 2.24) is 4.90 Å². The molecule has 2 aromatic rings. The number of hydrogen-bond acceptors (Lipinski definition) is 2. The van der Waals surface area contributed by atoms with Gasteiger partial charge in [-0.1, -0.05) is 35.9 Å². The fourth-order valence-corrected chi connectivity index (χ4v) is 2.99. The molecule has 5 heteroatoms. The molecule has 0 atom stereocenters. The minimum atomic E-state index is -4.29. The van der Waals surface area contributed by atoms with Crippen LogP contribution in [-0.2, 0) is 12.7 Å². The highest BCUT2D eigenvalue weighted by Gasteiger charge is 2.31. The zero-order chi connectivity index (χ0) is 17.2. The van der Waals surface area contributed by atoms with Crippen LogP contribution in [0.15, 0.2) is 48.5 Å². The molecule has 0 aromatic heterocycles. The molecule has 0 bridgehead atoms. The lowest BCUT2D eigenvalue weighted by Gasteiger charge is -2.36. The molecule has 1 heterocycles. The molecule has 2 nitrogen and oxygen atoms in total. The van der Waals surface area contributed by atoms with Crippen LogP contribution in [0, 0.1) is 6.92 Å². The van der Waals surface area contributed by atoms with E-state index in [0.29, 0.717) is 5.69 Å². The van der Waals surface area contributed by atoms with Crippen LogP contribution in [0.1, 0.15) is 16.7 Å². The first-order chi connectivity index (χ1) is 11.4. The molecule has 0 radical (unpaired) electrons. The van der Waals surface area contributed by atoms with E-state index in [1.165, 1.54) is 23.3 Å². The van der Waals surface area contributed by atoms with Crippen molar-refractivity contribution in [1.29, 1.82) is 0 Å². The average molecular weight is 334 g/mol. The third-order valence-corrected chi connectivity index (χ3v) is 4.44. The maximum Gasteiger partial charge on any atom is 0.416 e. The van der Waals surface area contributed by atoms with E-state index in [1.54, 1.807) is 6.07 Å². The van der Waals surface area contributed by atoms with Gasteiger partial charge in [0.05, 0.1) is 5.56 Å². The number of nitrogens with zero attached hydrogens (tertiary/aromatic N) is 2. The minimum absolute atomic E-state index is 0.581. The number of benzene rings is 2. The van der Waals surface area contributed by atoms with Crippen LogP contribution in [0.2, 0.25) is 0 Å². The topological polar surface area (TPSA) is 6.48 Å². The van der Waals surface area contributed by atoms with Crippen molar-refractivity contribution in [3.05, 3.63) is 65.2 Å². The lowest BCUT2D eigenvalue weighted by atomic mass is 10.1. The molecule has 1 aliphatic rings. The fraction of sp³-hybridized carbons (Fsp3) is 0.368. The fourth-order valence-electron chi connectivity index (χ4n) is 2.99. The van der Waals surface area contributed by atoms with E-state index in [2.05, 4.69) is 36.1 Å². The van der Waals surface area contributed by atoms with Crippen molar-refractivity contribution in [2.24, 2.45) is 0 Å². The van der Waals surface area contributed by atoms with Gasteiger partial charge in [-0.2, -0.15) is 13.2 Å². The summed E-state index contributed by atoms with van der Waals surface area (Å²) in [6.07, 6.45) is -4.29. The summed E-state index contributed by atoms with van der Waals surface area (Å²) < 4.78 is 38.5. The third-order valence-electron chi connectivity index (χ3n) is 4.44. The van der Waals surface area contributed by atoms with E-state index in [0.717, 1.165) is 38.8 Å². The molecule has 0 N–H and O–H groups in total. The highest BCUT2D eigenvalue weighted by atomic mass is 19.4. The maximum absolute atomic E-state index is 12.8. The Labute approximate surface area is 140 Å². The lowest BCUT2D eigenvalue weighted by Crippen LogP contribution is -2.46. The number of aryl methyl sites for hydroxylation is 1. The van der Waals surface area contributed by atoms with Gasteiger partial charge >= 0.3 is 6.18 Å². The summed E-state index contributed by atoms with van der Waals surface area (Å²) in [6.45, 7) is 6.14. The largest absolute Gasteiger partial charge is 0.416 e. The van der Waals surface area contributed by atoms with E-state index in [1.807, 2.05) is 4.90 Å². The molecule has 3 rings (SSSR count). The van der Waals surface area contributed by atoms with Gasteiger partial charge in [-0.15, -0.1) is 0 Å². The van der Waals surface area contributed by atoms with Gasteiger partial charge < -0.3 is 4.90 Å². The molecule has 1 aliphatic heterocycles. The molecule has 128 valence electrons. The third kappa shape index (κ3) is 4.09. The Morgan fingerprint density at radius 2 is 1.58 bits per heavy atom. The highest BCUT2D eigenvalue weighted by Crippen LogP contribution is 2.31. The van der Waals surface area contributed by atoms with Gasteiger partial charge in [0.2, 0.25) is 0 Å². The van der Waals surface area contributed by atoms with Crippen LogP contribution >= 0.6 is 0 Å². The number of halogens is 3. The van der Waals surface area contributed by atoms with Crippen molar-refractivity contribution in [3.63, 3.8) is 0 Å². The van der Waals surface area contributed by atoms with Crippen LogP contribution in [-0.4, -0.2) is 31.1 Å². The van der Waals surface area contributed by atoms with Gasteiger partial charge in [-0.25, -0.2) is 0 Å². The van der Waals surface area contributed by atoms with Crippen molar-refractivity contribution < 1.29 is 13.2 Å². The number of rotatable bonds is 3. The number of alkyl halides is 3. The van der Waals surface area contributed by atoms with Crippen LogP contribution in [0.3, 0.4) is 0 Å². The predicted octanol–water partition coefficient (Wildman–Crippen LogP) is 4.34. The Kier molecular flexibility index (Phi) is 4.81. The van der Waals surface area contributed by atoms with Crippen molar-refractivity contribution >= 4 is 5.69 Å². The highest BCUT2D eigenvalue weighted by molar-refractivity contribution is 5.49. The smallest absolute Gasteiger partial charge is 0.369 e. The molecule has 1 fully saturated rings. The normalized spacial score (nSPS) is 16.4. The zero-order valence-electron chi connectivity index (χ0n) is 13.7. The van der Waals surface area contributed by atoms with E-state index in [4.69, 9.17) is 0 Å². The Bertz CT molecular complexity index is 672. The number of piperazine rings is 1. The van der Waals surface area contributed by atoms with Gasteiger partial charge in [0.15, 0.2) is 0 Å². The second-order valence-electron chi connectivity index (χ2n) is 6.30. The molecular weight excluding hydrogens is 313 g/mol. The molecule has 0 spiro atoms. The summed E-state index contributed by atoms with van der Waals surface area (Å²) in [6, 6.07) is 14.1. The number of hydrogen-bond donors (Lipinski definition) is 0. The lowest BCUT2D eigenvalue weighted by molar-refractivity contribution is -0.137. The summed E-state index contributed by atoms with van der Waals surface area (Å²) in [5.74, 6) is 0. The van der Waals surface area contributed by atoms with Crippen LogP contribution in [0.5, 0.6) is 0 Å². The summed E-state index contributed by atoms with van der Waals surface area (Å²) in [5, 5.41) is 0. The molecule has 0 amide bonds. The first-order valence-electron chi connectivity index (χ1n) is 8.12. The van der Waals surface area contributed by atoms with Gasteiger partial charge in [0, 0.05) is 38.4 Å². The molecule has 24 heavy (non-hydrogen) atoms.